The van der Waals surface area contributed by atoms with Crippen LogP contribution in [-0.4, -0.2) is 5.01 Å². The van der Waals surface area contributed by atoms with Crippen molar-refractivity contribution in [3.8, 4) is 0 Å². The second-order valence-electron chi connectivity index (χ2n) is 3.53. The Balaban J connectivity index is 2.40. The van der Waals surface area contributed by atoms with Crippen LogP contribution in [0, 0.1) is 0 Å². The molecule has 0 radical (unpaired) electrons. The maximum atomic E-state index is 6.04. The van der Waals surface area contributed by atoms with E-state index in [1.54, 1.807) is 18.4 Å². The van der Waals surface area contributed by atoms with Crippen molar-refractivity contribution in [2.75, 3.05) is 0 Å². The quantitative estimate of drug-likeness (QED) is 0.606. The molecule has 1 aliphatic rings. The smallest absolute Gasteiger partial charge is 0.0805 e. The lowest BCUT2D eigenvalue weighted by molar-refractivity contribution is 0.501. The van der Waals surface area contributed by atoms with Gasteiger partial charge in [0.2, 0.25) is 0 Å². The van der Waals surface area contributed by atoms with E-state index in [2.05, 4.69) is 0 Å². The first-order valence-corrected chi connectivity index (χ1v) is 4.93. The zero-order chi connectivity index (χ0) is 11.5. The molecule has 16 heavy (non-hydrogen) atoms. The van der Waals surface area contributed by atoms with Gasteiger partial charge in [-0.1, -0.05) is 30.3 Å². The maximum absolute atomic E-state index is 6.04. The van der Waals surface area contributed by atoms with Crippen molar-refractivity contribution in [1.29, 1.82) is 0 Å². The summed E-state index contributed by atoms with van der Waals surface area (Å²) in [6.07, 6.45) is 5.21. The Morgan fingerprint density at radius 2 is 1.75 bits per heavy atom. The van der Waals surface area contributed by atoms with Crippen molar-refractivity contribution >= 4 is 5.70 Å². The van der Waals surface area contributed by atoms with Gasteiger partial charge in [-0.05, 0) is 17.7 Å². The molecule has 4 nitrogen and oxygen atoms in total. The van der Waals surface area contributed by atoms with E-state index in [4.69, 9.17) is 17.3 Å². The fourth-order valence-electron chi connectivity index (χ4n) is 1.53. The van der Waals surface area contributed by atoms with E-state index in [0.29, 0.717) is 11.4 Å². The highest BCUT2D eigenvalue weighted by molar-refractivity contribution is 5.68. The highest BCUT2D eigenvalue weighted by Crippen LogP contribution is 2.19. The molecule has 0 spiro atoms. The van der Waals surface area contributed by atoms with Gasteiger partial charge in [0.15, 0.2) is 0 Å². The van der Waals surface area contributed by atoms with Gasteiger partial charge >= 0.3 is 0 Å². The van der Waals surface area contributed by atoms with Crippen LogP contribution >= 0.6 is 0 Å². The highest BCUT2D eigenvalue weighted by Gasteiger charge is 2.10. The number of hydrazine groups is 1. The van der Waals surface area contributed by atoms with Gasteiger partial charge < -0.3 is 11.5 Å². The van der Waals surface area contributed by atoms with E-state index in [1.807, 2.05) is 30.3 Å². The molecule has 0 amide bonds. The Hall–Kier alpha value is -2.20. The summed E-state index contributed by atoms with van der Waals surface area (Å²) in [5.41, 5.74) is 14.6. The van der Waals surface area contributed by atoms with E-state index in [0.717, 1.165) is 11.3 Å². The lowest BCUT2D eigenvalue weighted by Gasteiger charge is -2.21. The number of hydrogen-bond donors (Lipinski definition) is 3. The number of nitrogens with zero attached hydrogens (tertiary/aromatic N) is 1. The molecule has 0 bridgehead atoms. The van der Waals surface area contributed by atoms with Gasteiger partial charge in [-0.3, -0.25) is 5.01 Å². The van der Waals surface area contributed by atoms with Crippen molar-refractivity contribution in [3.05, 3.63) is 65.6 Å². The van der Waals surface area contributed by atoms with Crippen LogP contribution in [0.3, 0.4) is 0 Å². The predicted octanol–water partition coefficient (Wildman–Crippen LogP) is 0.860. The average molecular weight is 214 g/mol. The van der Waals surface area contributed by atoms with Crippen LogP contribution in [0.15, 0.2) is 60.1 Å². The molecule has 1 aromatic carbocycles. The van der Waals surface area contributed by atoms with Gasteiger partial charge in [-0.25, -0.2) is 5.84 Å². The molecule has 0 atom stereocenters. The fraction of sp³-hybridized carbons (Fsp3) is 0. The molecule has 0 unspecified atom stereocenters. The molecule has 0 aromatic heterocycles. The Morgan fingerprint density at radius 1 is 1.06 bits per heavy atom. The molecule has 0 aliphatic carbocycles. The normalized spacial score (nSPS) is 18.3. The van der Waals surface area contributed by atoms with Crippen LogP contribution in [0.2, 0.25) is 0 Å². The van der Waals surface area contributed by atoms with Gasteiger partial charge in [0.1, 0.15) is 0 Å². The van der Waals surface area contributed by atoms with Crippen molar-refractivity contribution in [3.63, 3.8) is 0 Å². The lowest BCUT2D eigenvalue weighted by atomic mass is 10.1. The molecule has 4 heteroatoms. The third kappa shape index (κ3) is 1.92. The van der Waals surface area contributed by atoms with Crippen LogP contribution in [-0.2, 0) is 0 Å². The monoisotopic (exact) mass is 214 g/mol. The first-order valence-electron chi connectivity index (χ1n) is 4.93. The second-order valence-corrected chi connectivity index (χ2v) is 3.53. The van der Waals surface area contributed by atoms with Gasteiger partial charge in [0, 0.05) is 11.9 Å². The molecule has 0 saturated heterocycles. The zero-order valence-corrected chi connectivity index (χ0v) is 8.80. The van der Waals surface area contributed by atoms with Crippen LogP contribution in [0.25, 0.3) is 5.70 Å². The Kier molecular flexibility index (Phi) is 2.66. The number of hydrogen-bond acceptors (Lipinski definition) is 4. The summed E-state index contributed by atoms with van der Waals surface area (Å²) in [6, 6.07) is 9.67. The van der Waals surface area contributed by atoms with Crippen LogP contribution < -0.4 is 17.3 Å². The van der Waals surface area contributed by atoms with Crippen molar-refractivity contribution < 1.29 is 0 Å². The van der Waals surface area contributed by atoms with Gasteiger partial charge in [0.05, 0.1) is 11.4 Å². The molecular formula is C12H14N4. The van der Waals surface area contributed by atoms with Gasteiger partial charge in [-0.2, -0.15) is 0 Å². The van der Waals surface area contributed by atoms with Crippen molar-refractivity contribution in [1.82, 2.24) is 5.01 Å². The largest absolute Gasteiger partial charge is 0.397 e. The van der Waals surface area contributed by atoms with E-state index in [-0.39, 0.29) is 0 Å². The standard InChI is InChI=1S/C12H14N4/c13-10-6-7-11(16(15)8-10)12(14)9-4-2-1-3-5-9/h1-8H,13-15H2/b12-11-. The first kappa shape index (κ1) is 10.3. The van der Waals surface area contributed by atoms with Gasteiger partial charge in [0.25, 0.3) is 0 Å². The number of benzene rings is 1. The molecule has 1 aliphatic heterocycles. The average Bonchev–Trinajstić information content (AvgIpc) is 2.29. The minimum atomic E-state index is 0.604. The van der Waals surface area contributed by atoms with Crippen molar-refractivity contribution in [2.24, 2.45) is 17.3 Å². The summed E-state index contributed by atoms with van der Waals surface area (Å²) in [5, 5.41) is 1.43. The molecular weight excluding hydrogens is 200 g/mol. The van der Waals surface area contributed by atoms with Crippen molar-refractivity contribution in [2.45, 2.75) is 0 Å². The van der Waals surface area contributed by atoms with Gasteiger partial charge in [-0.15, -0.1) is 0 Å². The van der Waals surface area contributed by atoms with E-state index < -0.39 is 0 Å². The Morgan fingerprint density at radius 3 is 2.38 bits per heavy atom. The molecule has 0 fully saturated rings. The third-order valence-electron chi connectivity index (χ3n) is 2.36. The predicted molar refractivity (Wildman–Crippen MR) is 65.0 cm³/mol. The van der Waals surface area contributed by atoms with E-state index in [1.165, 1.54) is 5.01 Å². The number of nitrogens with two attached hydrogens (primary N) is 3. The van der Waals surface area contributed by atoms with Crippen LogP contribution in [0.4, 0.5) is 0 Å². The molecule has 1 aromatic rings. The zero-order valence-electron chi connectivity index (χ0n) is 8.80. The maximum Gasteiger partial charge on any atom is 0.0805 e. The summed E-state index contributed by atoms with van der Waals surface area (Å²) < 4.78 is 0. The minimum absolute atomic E-state index is 0.604. The second kappa shape index (κ2) is 4.12. The molecule has 6 N–H and O–H groups in total. The molecule has 1 heterocycles. The fourth-order valence-corrected chi connectivity index (χ4v) is 1.53. The van der Waals surface area contributed by atoms with Crippen LogP contribution in [0.5, 0.6) is 0 Å². The lowest BCUT2D eigenvalue weighted by Crippen LogP contribution is -2.29. The molecule has 2 rings (SSSR count). The summed E-state index contributed by atoms with van der Waals surface area (Å²) in [7, 11) is 0. The summed E-state index contributed by atoms with van der Waals surface area (Å²) in [4.78, 5) is 0. The highest BCUT2D eigenvalue weighted by atomic mass is 15.4. The summed E-state index contributed by atoms with van der Waals surface area (Å²) >= 11 is 0. The summed E-state index contributed by atoms with van der Waals surface area (Å²) in [5.74, 6) is 5.80. The SMILES string of the molecule is NC1=CN(N)/C(=C(\N)c2ccccc2)C=C1. The Labute approximate surface area is 94.3 Å². The van der Waals surface area contributed by atoms with E-state index >= 15 is 0 Å². The van der Waals surface area contributed by atoms with Crippen LogP contribution in [0.1, 0.15) is 5.56 Å². The Bertz CT molecular complexity index is 471. The minimum Gasteiger partial charge on any atom is -0.397 e. The first-order chi connectivity index (χ1) is 7.68. The molecule has 82 valence electrons. The molecule has 0 saturated carbocycles. The van der Waals surface area contributed by atoms with E-state index in [9.17, 15) is 0 Å². The topological polar surface area (TPSA) is 81.3 Å². The summed E-state index contributed by atoms with van der Waals surface area (Å²) in [6.45, 7) is 0. The third-order valence-corrected chi connectivity index (χ3v) is 2.36. The number of rotatable bonds is 1. The number of allylic oxidation sites excluding steroid dienone is 2.